The van der Waals surface area contributed by atoms with Gasteiger partial charge in [0.1, 0.15) is 0 Å². The van der Waals surface area contributed by atoms with Gasteiger partial charge >= 0.3 is 0 Å². The van der Waals surface area contributed by atoms with E-state index >= 15 is 0 Å². The van der Waals surface area contributed by atoms with Gasteiger partial charge in [-0.1, -0.05) is 44.2 Å². The Balaban J connectivity index is 2.59. The molecule has 3 N–H and O–H groups in total. The van der Waals surface area contributed by atoms with Crippen molar-refractivity contribution in [2.45, 2.75) is 46.2 Å². The fraction of sp³-hybridized carbons (Fsp3) is 0.650. The lowest BCUT2D eigenvalue weighted by Crippen LogP contribution is -2.46. The summed E-state index contributed by atoms with van der Waals surface area (Å²) < 4.78 is 0. The Morgan fingerprint density at radius 3 is 2.20 bits per heavy atom. The largest absolute Gasteiger partial charge is 0.355 e. The van der Waals surface area contributed by atoms with E-state index in [1.54, 1.807) is 0 Å². The van der Waals surface area contributed by atoms with E-state index in [1.165, 1.54) is 5.56 Å². The van der Waals surface area contributed by atoms with Crippen LogP contribution in [0, 0.1) is 0 Å². The number of benzene rings is 1. The van der Waals surface area contributed by atoms with Gasteiger partial charge in [0.05, 0.1) is 6.04 Å². The highest BCUT2D eigenvalue weighted by Gasteiger charge is 2.18. The molecule has 0 amide bonds. The summed E-state index contributed by atoms with van der Waals surface area (Å²) in [7, 11) is 1.82. The van der Waals surface area contributed by atoms with Crippen molar-refractivity contribution in [3.63, 3.8) is 0 Å². The summed E-state index contributed by atoms with van der Waals surface area (Å²) in [4.78, 5) is 6.82. The molecule has 1 rings (SSSR count). The van der Waals surface area contributed by atoms with E-state index in [1.807, 2.05) is 7.05 Å². The molecule has 25 heavy (non-hydrogen) atoms. The van der Waals surface area contributed by atoms with Gasteiger partial charge in [-0.2, -0.15) is 0 Å². The SMILES string of the molecule is CCN(CC)C(CNC(=NC)NCCNC(C)(C)C)c1ccccc1. The molecule has 0 radical (unpaired) electrons. The second-order valence-corrected chi connectivity index (χ2v) is 7.20. The van der Waals surface area contributed by atoms with Gasteiger partial charge in [-0.15, -0.1) is 0 Å². The number of nitrogens with zero attached hydrogens (tertiary/aromatic N) is 2. The first-order valence-electron chi connectivity index (χ1n) is 9.39. The number of guanidine groups is 1. The van der Waals surface area contributed by atoms with Gasteiger partial charge in [0.15, 0.2) is 5.96 Å². The molecule has 5 nitrogen and oxygen atoms in total. The minimum absolute atomic E-state index is 0.139. The maximum atomic E-state index is 4.35. The molecule has 1 unspecified atom stereocenters. The van der Waals surface area contributed by atoms with Crippen molar-refractivity contribution in [3.8, 4) is 0 Å². The maximum Gasteiger partial charge on any atom is 0.191 e. The smallest absolute Gasteiger partial charge is 0.191 e. The Morgan fingerprint density at radius 2 is 1.68 bits per heavy atom. The van der Waals surface area contributed by atoms with E-state index in [4.69, 9.17) is 0 Å². The summed E-state index contributed by atoms with van der Waals surface area (Å²) in [6.45, 7) is 15.6. The van der Waals surface area contributed by atoms with Crippen LogP contribution in [0.15, 0.2) is 35.3 Å². The monoisotopic (exact) mass is 347 g/mol. The zero-order valence-corrected chi connectivity index (χ0v) is 16.9. The van der Waals surface area contributed by atoms with Crippen LogP contribution in [0.4, 0.5) is 0 Å². The van der Waals surface area contributed by atoms with Crippen LogP contribution in [0.5, 0.6) is 0 Å². The Morgan fingerprint density at radius 1 is 1.04 bits per heavy atom. The molecular weight excluding hydrogens is 310 g/mol. The second kappa shape index (κ2) is 11.1. The molecule has 1 aromatic carbocycles. The molecule has 0 aliphatic rings. The first kappa shape index (κ1) is 21.5. The van der Waals surface area contributed by atoms with Crippen molar-refractivity contribution < 1.29 is 0 Å². The van der Waals surface area contributed by atoms with E-state index in [0.29, 0.717) is 6.04 Å². The van der Waals surface area contributed by atoms with Gasteiger partial charge in [-0.05, 0) is 39.4 Å². The zero-order valence-electron chi connectivity index (χ0n) is 16.9. The highest BCUT2D eigenvalue weighted by atomic mass is 15.2. The number of rotatable bonds is 9. The minimum Gasteiger partial charge on any atom is -0.355 e. The number of hydrogen-bond donors (Lipinski definition) is 3. The molecule has 0 spiro atoms. The van der Waals surface area contributed by atoms with Crippen LogP contribution in [0.1, 0.15) is 46.2 Å². The van der Waals surface area contributed by atoms with Crippen molar-refractivity contribution >= 4 is 5.96 Å². The first-order valence-corrected chi connectivity index (χ1v) is 9.39. The molecule has 1 atom stereocenters. The Bertz CT molecular complexity index is 489. The number of aliphatic imine (C=N–C) groups is 1. The number of hydrogen-bond acceptors (Lipinski definition) is 3. The Hall–Kier alpha value is -1.59. The minimum atomic E-state index is 0.139. The fourth-order valence-corrected chi connectivity index (χ4v) is 2.83. The van der Waals surface area contributed by atoms with E-state index in [9.17, 15) is 0 Å². The van der Waals surface area contributed by atoms with Crippen molar-refractivity contribution in [2.75, 3.05) is 39.8 Å². The summed E-state index contributed by atoms with van der Waals surface area (Å²) in [5, 5.41) is 10.3. The van der Waals surface area contributed by atoms with Crippen LogP contribution in [0.3, 0.4) is 0 Å². The molecule has 0 aliphatic carbocycles. The van der Waals surface area contributed by atoms with Crippen LogP contribution in [0.2, 0.25) is 0 Å². The molecule has 0 saturated heterocycles. The molecule has 0 saturated carbocycles. The van der Waals surface area contributed by atoms with Gasteiger partial charge in [-0.25, -0.2) is 0 Å². The quantitative estimate of drug-likeness (QED) is 0.365. The van der Waals surface area contributed by atoms with Gasteiger partial charge in [-0.3, -0.25) is 9.89 Å². The van der Waals surface area contributed by atoms with E-state index in [2.05, 4.69) is 90.8 Å². The third-order valence-electron chi connectivity index (χ3n) is 4.20. The molecule has 0 aliphatic heterocycles. The highest BCUT2D eigenvalue weighted by molar-refractivity contribution is 5.79. The third-order valence-corrected chi connectivity index (χ3v) is 4.20. The highest BCUT2D eigenvalue weighted by Crippen LogP contribution is 2.19. The molecule has 142 valence electrons. The first-order chi connectivity index (χ1) is 11.9. The summed E-state index contributed by atoms with van der Waals surface area (Å²) in [5.74, 6) is 0.851. The molecule has 0 bridgehead atoms. The van der Waals surface area contributed by atoms with Crippen molar-refractivity contribution in [1.29, 1.82) is 0 Å². The molecule has 0 fully saturated rings. The number of nitrogens with one attached hydrogen (secondary N) is 3. The standard InChI is InChI=1S/C20H37N5/c1-7-25(8-2)18(17-12-10-9-11-13-17)16-23-19(21-6)22-14-15-24-20(3,4)5/h9-13,18,24H,7-8,14-16H2,1-6H3,(H2,21,22,23). The average Bonchev–Trinajstić information content (AvgIpc) is 2.60. The maximum absolute atomic E-state index is 4.35. The molecule has 5 heteroatoms. The van der Waals surface area contributed by atoms with Crippen molar-refractivity contribution in [1.82, 2.24) is 20.9 Å². The van der Waals surface area contributed by atoms with E-state index < -0.39 is 0 Å². The predicted octanol–water partition coefficient (Wildman–Crippen LogP) is 2.62. The molecule has 1 aromatic rings. The van der Waals surface area contributed by atoms with E-state index in [-0.39, 0.29) is 5.54 Å². The normalized spacial score (nSPS) is 13.8. The lowest BCUT2D eigenvalue weighted by Gasteiger charge is -2.31. The van der Waals surface area contributed by atoms with Gasteiger partial charge in [0.25, 0.3) is 0 Å². The van der Waals surface area contributed by atoms with Gasteiger partial charge in [0, 0.05) is 32.2 Å². The molecule has 0 aromatic heterocycles. The second-order valence-electron chi connectivity index (χ2n) is 7.20. The van der Waals surface area contributed by atoms with Crippen LogP contribution in [-0.2, 0) is 0 Å². The van der Waals surface area contributed by atoms with Gasteiger partial charge < -0.3 is 16.0 Å². The predicted molar refractivity (Wildman–Crippen MR) is 109 cm³/mol. The van der Waals surface area contributed by atoms with Gasteiger partial charge in [0.2, 0.25) is 0 Å². The lowest BCUT2D eigenvalue weighted by molar-refractivity contribution is 0.219. The zero-order chi connectivity index (χ0) is 18.7. The average molecular weight is 348 g/mol. The molecular formula is C20H37N5. The topological polar surface area (TPSA) is 51.7 Å². The van der Waals surface area contributed by atoms with Crippen molar-refractivity contribution in [2.24, 2.45) is 4.99 Å². The lowest BCUT2D eigenvalue weighted by atomic mass is 10.1. The Kier molecular flexibility index (Phi) is 9.53. The summed E-state index contributed by atoms with van der Waals surface area (Å²) >= 11 is 0. The Labute approximate surface area is 154 Å². The van der Waals surface area contributed by atoms with Crippen LogP contribution in [-0.4, -0.2) is 56.2 Å². The summed E-state index contributed by atoms with van der Waals surface area (Å²) in [6, 6.07) is 11.0. The van der Waals surface area contributed by atoms with Crippen molar-refractivity contribution in [3.05, 3.63) is 35.9 Å². The van der Waals surface area contributed by atoms with Crippen LogP contribution in [0.25, 0.3) is 0 Å². The molecule has 0 heterocycles. The summed E-state index contributed by atoms with van der Waals surface area (Å²) in [6.07, 6.45) is 0. The third kappa shape index (κ3) is 8.36. The van der Waals surface area contributed by atoms with Crippen LogP contribution >= 0.6 is 0 Å². The summed E-state index contributed by atoms with van der Waals surface area (Å²) in [5.41, 5.74) is 1.48. The van der Waals surface area contributed by atoms with Crippen LogP contribution < -0.4 is 16.0 Å². The fourth-order valence-electron chi connectivity index (χ4n) is 2.83. The number of likely N-dealkylation sites (N-methyl/N-ethyl adjacent to an activating group) is 1. The van der Waals surface area contributed by atoms with E-state index in [0.717, 1.165) is 38.7 Å².